The number of aliphatic hydroxyl groups excluding tert-OH is 1. The fraction of sp³-hybridized carbons (Fsp3) is 0.404. The highest BCUT2D eigenvalue weighted by atomic mass is 16.5. The van der Waals surface area contributed by atoms with E-state index in [1.54, 1.807) is 62.4 Å². The van der Waals surface area contributed by atoms with Gasteiger partial charge in [0.25, 0.3) is 5.91 Å². The Morgan fingerprint density at radius 2 is 1.07 bits per heavy atom. The number of ether oxygens (including phenoxy) is 1. The molecule has 3 aromatic carbocycles. The minimum Gasteiger partial charge on any atom is -0.508 e. The monoisotopic (exact) mass is 976 g/mol. The van der Waals surface area contributed by atoms with Crippen molar-refractivity contribution in [2.24, 2.45) is 11.7 Å². The van der Waals surface area contributed by atoms with Crippen LogP contribution < -0.4 is 47.7 Å². The number of primary amides is 1. The van der Waals surface area contributed by atoms with Crippen LogP contribution in [-0.4, -0.2) is 129 Å². The maximum atomic E-state index is 13.8. The van der Waals surface area contributed by atoms with Gasteiger partial charge in [0.1, 0.15) is 53.5 Å². The minimum absolute atomic E-state index is 0.0232. The van der Waals surface area contributed by atoms with E-state index in [1.165, 1.54) is 31.2 Å². The predicted octanol–water partition coefficient (Wildman–Crippen LogP) is -0.271. The predicted molar refractivity (Wildman–Crippen MR) is 248 cm³/mol. The topological polar surface area (TPSA) is 371 Å². The molecule has 0 spiro atoms. The van der Waals surface area contributed by atoms with E-state index in [9.17, 15) is 63.3 Å². The third-order valence-electron chi connectivity index (χ3n) is 10.3. The number of para-hydroxylation sites is 1. The maximum absolute atomic E-state index is 13.8. The number of phenols is 1. The number of nitrogens with one attached hydrogen (secondary N) is 7. The molecule has 13 N–H and O–H groups in total. The van der Waals surface area contributed by atoms with Gasteiger partial charge >= 0.3 is 11.9 Å². The summed E-state index contributed by atoms with van der Waals surface area (Å²) < 4.78 is 5.72. The Labute approximate surface area is 402 Å². The first-order valence-corrected chi connectivity index (χ1v) is 22.2. The average Bonchev–Trinajstić information content (AvgIpc) is 3.31. The van der Waals surface area contributed by atoms with Crippen LogP contribution in [0.1, 0.15) is 75.2 Å². The van der Waals surface area contributed by atoms with Crippen LogP contribution in [0.4, 0.5) is 0 Å². The molecule has 0 aliphatic carbocycles. The van der Waals surface area contributed by atoms with Gasteiger partial charge in [-0.05, 0) is 99.0 Å². The molecule has 378 valence electrons. The van der Waals surface area contributed by atoms with Gasteiger partial charge in [-0.1, -0.05) is 44.2 Å². The molecule has 3 aromatic rings. The summed E-state index contributed by atoms with van der Waals surface area (Å²) in [6, 6.07) is 12.3. The van der Waals surface area contributed by atoms with Gasteiger partial charge in [0, 0.05) is 18.4 Å². The Hall–Kier alpha value is -8.08. The molecule has 23 heteroatoms. The number of hydrogen-bond donors (Lipinski definition) is 12. The third kappa shape index (κ3) is 20.0. The van der Waals surface area contributed by atoms with E-state index in [1.807, 2.05) is 6.07 Å². The first-order valence-electron chi connectivity index (χ1n) is 22.2. The second kappa shape index (κ2) is 28.3. The molecule has 0 aliphatic heterocycles. The number of phenolic OH excluding ortho intramolecular Hbond substituents is 1. The number of carboxylic acids is 2. The smallest absolute Gasteiger partial charge is 0.303 e. The van der Waals surface area contributed by atoms with E-state index in [2.05, 4.69) is 37.2 Å². The van der Waals surface area contributed by atoms with Crippen LogP contribution >= 0.6 is 0 Å². The second-order valence-electron chi connectivity index (χ2n) is 16.5. The summed E-state index contributed by atoms with van der Waals surface area (Å²) in [4.78, 5) is 128. The summed E-state index contributed by atoms with van der Waals surface area (Å²) in [5, 5.41) is 55.0. The van der Waals surface area contributed by atoms with Crippen molar-refractivity contribution in [1.82, 2.24) is 37.2 Å². The van der Waals surface area contributed by atoms with Crippen LogP contribution in [0.15, 0.2) is 78.9 Å². The highest BCUT2D eigenvalue weighted by Gasteiger charge is 2.33. The summed E-state index contributed by atoms with van der Waals surface area (Å²) in [5.41, 5.74) is 6.26. The molecule has 0 fully saturated rings. The zero-order valence-electron chi connectivity index (χ0n) is 38.8. The van der Waals surface area contributed by atoms with E-state index in [4.69, 9.17) is 15.6 Å². The summed E-state index contributed by atoms with van der Waals surface area (Å²) in [6.07, 6.45) is -1.98. The SMILES string of the molecule is CC(C)C[C@H](NC(=O)[C@H](CO)NC(=O)[C@H](CCC(=O)O)NC(=O)CNC(=O)[C@H](C)NC(=O)c1ccc(Oc2ccccc2)cc1)C(=O)N[C@@H](CCc1ccc(O)cc1)C(=O)N[C@@H](CCC(=O)O)C(N)=O. The highest BCUT2D eigenvalue weighted by molar-refractivity contribution is 5.99. The average molecular weight is 977 g/mol. The van der Waals surface area contributed by atoms with Gasteiger partial charge in [0.2, 0.25) is 41.4 Å². The van der Waals surface area contributed by atoms with Gasteiger partial charge in [-0.2, -0.15) is 0 Å². The van der Waals surface area contributed by atoms with Crippen LogP contribution in [0, 0.1) is 5.92 Å². The zero-order chi connectivity index (χ0) is 51.9. The number of carbonyl (C=O) groups is 10. The van der Waals surface area contributed by atoms with Crippen molar-refractivity contribution in [1.29, 1.82) is 0 Å². The van der Waals surface area contributed by atoms with Crippen molar-refractivity contribution in [3.63, 3.8) is 0 Å². The van der Waals surface area contributed by atoms with Gasteiger partial charge in [-0.3, -0.25) is 47.9 Å². The largest absolute Gasteiger partial charge is 0.508 e. The lowest BCUT2D eigenvalue weighted by Crippen LogP contribution is -2.60. The molecule has 0 saturated carbocycles. The number of benzene rings is 3. The number of aryl methyl sites for hydroxylation is 1. The Morgan fingerprint density at radius 1 is 0.571 bits per heavy atom. The van der Waals surface area contributed by atoms with Crippen molar-refractivity contribution in [2.45, 2.75) is 102 Å². The fourth-order valence-corrected chi connectivity index (χ4v) is 6.53. The number of rotatable bonds is 29. The number of amides is 8. The van der Waals surface area contributed by atoms with E-state index in [0.29, 0.717) is 17.1 Å². The lowest BCUT2D eigenvalue weighted by Gasteiger charge is -2.27. The Bertz CT molecular complexity index is 2300. The van der Waals surface area contributed by atoms with Crippen LogP contribution in [0.2, 0.25) is 0 Å². The molecule has 8 amide bonds. The minimum atomic E-state index is -1.77. The van der Waals surface area contributed by atoms with E-state index in [0.717, 1.165) is 0 Å². The number of nitrogens with two attached hydrogens (primary N) is 1. The lowest BCUT2D eigenvalue weighted by atomic mass is 10.00. The highest BCUT2D eigenvalue weighted by Crippen LogP contribution is 2.21. The van der Waals surface area contributed by atoms with Gasteiger partial charge in [0.05, 0.1) is 13.2 Å². The number of hydrogen-bond acceptors (Lipinski definition) is 13. The van der Waals surface area contributed by atoms with Crippen LogP contribution in [0.25, 0.3) is 0 Å². The molecule has 0 unspecified atom stereocenters. The molecule has 0 heterocycles. The van der Waals surface area contributed by atoms with Crippen molar-refractivity contribution in [3.05, 3.63) is 90.0 Å². The van der Waals surface area contributed by atoms with Crippen LogP contribution in [-0.2, 0) is 49.6 Å². The molecule has 0 aromatic heterocycles. The molecule has 23 nitrogen and oxygen atoms in total. The summed E-state index contributed by atoms with van der Waals surface area (Å²) in [6.45, 7) is 3.02. The molecule has 0 radical (unpaired) electrons. The Balaban J connectivity index is 1.66. The number of aromatic hydroxyl groups is 1. The maximum Gasteiger partial charge on any atom is 0.303 e. The van der Waals surface area contributed by atoms with Crippen molar-refractivity contribution < 1.29 is 73.1 Å². The summed E-state index contributed by atoms with van der Waals surface area (Å²) in [5.74, 6) is -9.23. The molecule has 70 heavy (non-hydrogen) atoms. The Kier molecular flexibility index (Phi) is 22.7. The molecular weight excluding hydrogens is 917 g/mol. The molecule has 6 atom stereocenters. The van der Waals surface area contributed by atoms with E-state index < -0.39 is 128 Å². The van der Waals surface area contributed by atoms with Gasteiger partial charge in [-0.15, -0.1) is 0 Å². The quantitative estimate of drug-likeness (QED) is 0.0426. The summed E-state index contributed by atoms with van der Waals surface area (Å²) >= 11 is 0. The number of aliphatic carboxylic acids is 2. The second-order valence-corrected chi connectivity index (χ2v) is 16.5. The third-order valence-corrected chi connectivity index (χ3v) is 10.3. The standard InChI is InChI=1S/C47H60N8O15/c1-26(2)23-36(46(68)53-35(18-11-28-9-14-30(57)15-10-28)45(67)52-33(41(48)63)19-21-39(59)60)54-47(69)37(25-56)55-44(66)34(20-22-40(61)62)51-38(58)24-49-42(64)27(3)50-43(65)29-12-16-32(17-13-29)70-31-7-5-4-6-8-31/h4-10,12-17,26-27,33-37,56-57H,11,18-25H2,1-3H3,(H2,48,63)(H,49,64)(H,50,65)(H,51,58)(H,52,67)(H,53,68)(H,54,69)(H,55,66)(H,59,60)(H,61,62)/t27-,33-,34-,35-,36-,37-/m0/s1. The van der Waals surface area contributed by atoms with Gasteiger partial charge in [-0.25, -0.2) is 0 Å². The number of carboxylic acid groups (broad SMARTS) is 2. The van der Waals surface area contributed by atoms with Crippen molar-refractivity contribution in [2.75, 3.05) is 13.2 Å². The van der Waals surface area contributed by atoms with E-state index in [-0.39, 0.29) is 42.9 Å². The summed E-state index contributed by atoms with van der Waals surface area (Å²) in [7, 11) is 0. The fourth-order valence-electron chi connectivity index (χ4n) is 6.53. The zero-order valence-corrected chi connectivity index (χ0v) is 38.8. The normalized spacial score (nSPS) is 13.4. The lowest BCUT2D eigenvalue weighted by molar-refractivity contribution is -0.139. The molecule has 0 bridgehead atoms. The molecular formula is C47H60N8O15. The van der Waals surface area contributed by atoms with Gasteiger partial charge < -0.3 is 68.1 Å². The van der Waals surface area contributed by atoms with E-state index >= 15 is 0 Å². The number of aliphatic hydroxyl groups is 1. The first-order chi connectivity index (χ1) is 33.1. The molecule has 0 saturated heterocycles. The Morgan fingerprint density at radius 3 is 1.63 bits per heavy atom. The first kappa shape index (κ1) is 56.2. The van der Waals surface area contributed by atoms with Crippen LogP contribution in [0.5, 0.6) is 17.2 Å². The van der Waals surface area contributed by atoms with Crippen LogP contribution in [0.3, 0.4) is 0 Å². The molecule has 3 rings (SSSR count). The molecule has 0 aliphatic rings. The van der Waals surface area contributed by atoms with Gasteiger partial charge in [0.15, 0.2) is 0 Å². The van der Waals surface area contributed by atoms with Crippen molar-refractivity contribution >= 4 is 59.2 Å². The number of carbonyl (C=O) groups excluding carboxylic acids is 8. The van der Waals surface area contributed by atoms with Crippen molar-refractivity contribution in [3.8, 4) is 17.2 Å².